The number of nitrogens with two attached hydrogens (primary N) is 1. The fourth-order valence-corrected chi connectivity index (χ4v) is 3.08. The van der Waals surface area contributed by atoms with Crippen LogP contribution in [0.5, 0.6) is 0 Å². The van der Waals surface area contributed by atoms with Gasteiger partial charge in [0.2, 0.25) is 0 Å². The van der Waals surface area contributed by atoms with E-state index in [4.69, 9.17) is 10.8 Å². The van der Waals surface area contributed by atoms with Crippen LogP contribution in [-0.2, 0) is 4.79 Å². The number of aliphatic carboxylic acids is 1. The van der Waals surface area contributed by atoms with E-state index in [9.17, 15) is 4.79 Å². The monoisotopic (exact) mass is 255 g/mol. The van der Waals surface area contributed by atoms with Gasteiger partial charge < -0.3 is 15.7 Å². The van der Waals surface area contributed by atoms with Crippen molar-refractivity contribution in [2.45, 2.75) is 50.2 Å². The minimum Gasteiger partial charge on any atom is -0.480 e. The number of likely N-dealkylation sites (tertiary alicyclic amines) is 1. The zero-order chi connectivity index (χ0) is 13.3. The first-order chi connectivity index (χ1) is 8.40. The summed E-state index contributed by atoms with van der Waals surface area (Å²) in [7, 11) is 2.22. The van der Waals surface area contributed by atoms with Crippen LogP contribution < -0.4 is 5.73 Å². The van der Waals surface area contributed by atoms with Gasteiger partial charge in [0.25, 0.3) is 0 Å². The highest BCUT2D eigenvalue weighted by molar-refractivity contribution is 5.77. The number of likely N-dealkylation sites (N-methyl/N-ethyl adjacent to an activating group) is 1. The van der Waals surface area contributed by atoms with Gasteiger partial charge in [-0.05, 0) is 46.2 Å². The van der Waals surface area contributed by atoms with Crippen LogP contribution in [-0.4, -0.2) is 65.2 Å². The Kier molecular flexibility index (Phi) is 3.94. The number of nitrogens with zero attached hydrogens (tertiary/aromatic N) is 2. The lowest BCUT2D eigenvalue weighted by Gasteiger charge is -2.28. The van der Waals surface area contributed by atoms with Crippen LogP contribution in [0.4, 0.5) is 0 Å². The molecule has 0 radical (unpaired) electrons. The average molecular weight is 255 g/mol. The van der Waals surface area contributed by atoms with Crippen molar-refractivity contribution in [3.8, 4) is 0 Å². The Morgan fingerprint density at radius 3 is 2.72 bits per heavy atom. The van der Waals surface area contributed by atoms with Crippen molar-refractivity contribution in [2.75, 3.05) is 26.7 Å². The molecule has 0 aromatic carbocycles. The summed E-state index contributed by atoms with van der Waals surface area (Å²) < 4.78 is 0. The maximum atomic E-state index is 11.0. The third-order valence-corrected chi connectivity index (χ3v) is 4.67. The molecular weight excluding hydrogens is 230 g/mol. The maximum absolute atomic E-state index is 11.0. The van der Waals surface area contributed by atoms with E-state index in [0.717, 1.165) is 25.7 Å². The first kappa shape index (κ1) is 13.8. The lowest BCUT2D eigenvalue weighted by molar-refractivity contribution is -0.143. The van der Waals surface area contributed by atoms with Crippen molar-refractivity contribution in [2.24, 2.45) is 5.73 Å². The highest BCUT2D eigenvalue weighted by Crippen LogP contribution is 2.28. The molecule has 2 saturated heterocycles. The molecule has 3 N–H and O–H groups in total. The minimum atomic E-state index is -1.10. The molecule has 5 nitrogen and oxygen atoms in total. The van der Waals surface area contributed by atoms with E-state index < -0.39 is 11.5 Å². The van der Waals surface area contributed by atoms with Crippen LogP contribution in [0.1, 0.15) is 32.6 Å². The van der Waals surface area contributed by atoms with E-state index in [0.29, 0.717) is 12.5 Å². The molecule has 5 heteroatoms. The molecule has 3 atom stereocenters. The summed E-state index contributed by atoms with van der Waals surface area (Å²) in [6, 6.07) is 1.37. The number of hydrogen-bond acceptors (Lipinski definition) is 4. The molecule has 0 spiro atoms. The van der Waals surface area contributed by atoms with Gasteiger partial charge in [-0.1, -0.05) is 0 Å². The molecule has 104 valence electrons. The fraction of sp³-hybridized carbons (Fsp3) is 0.923. The number of carboxylic acids is 1. The first-order valence-electron chi connectivity index (χ1n) is 6.87. The predicted molar refractivity (Wildman–Crippen MR) is 70.5 cm³/mol. The molecule has 2 rings (SSSR count). The van der Waals surface area contributed by atoms with Gasteiger partial charge >= 0.3 is 5.97 Å². The van der Waals surface area contributed by atoms with Crippen molar-refractivity contribution in [1.82, 2.24) is 9.80 Å². The fourth-order valence-electron chi connectivity index (χ4n) is 3.08. The van der Waals surface area contributed by atoms with Gasteiger partial charge in [0.1, 0.15) is 5.54 Å². The second-order valence-corrected chi connectivity index (χ2v) is 6.11. The Morgan fingerprint density at radius 2 is 2.06 bits per heavy atom. The smallest absolute Gasteiger partial charge is 0.323 e. The number of rotatable bonds is 4. The standard InChI is InChI=1S/C13H25N3O2/c1-13(14,12(17)18)6-8-16-7-5-10-3-4-11(9-16)15(10)2/h10-11H,3-9,14H2,1-2H3,(H,17,18). The van der Waals surface area contributed by atoms with Crippen molar-refractivity contribution in [3.63, 3.8) is 0 Å². The molecule has 0 saturated carbocycles. The van der Waals surface area contributed by atoms with Gasteiger partial charge in [-0.15, -0.1) is 0 Å². The summed E-state index contributed by atoms with van der Waals surface area (Å²) in [4.78, 5) is 15.9. The van der Waals surface area contributed by atoms with Crippen LogP contribution in [0, 0.1) is 0 Å². The second kappa shape index (κ2) is 5.15. The van der Waals surface area contributed by atoms with Crippen LogP contribution in [0.3, 0.4) is 0 Å². The highest BCUT2D eigenvalue weighted by Gasteiger charge is 2.35. The predicted octanol–water partition coefficient (Wildman–Crippen LogP) is 0.347. The Bertz CT molecular complexity index is 319. The molecule has 2 heterocycles. The first-order valence-corrected chi connectivity index (χ1v) is 6.87. The SMILES string of the molecule is CN1C2CCC1CN(CCC(C)(N)C(=O)O)CC2. The zero-order valence-electron chi connectivity index (χ0n) is 11.4. The van der Waals surface area contributed by atoms with Crippen LogP contribution in [0.2, 0.25) is 0 Å². The molecule has 2 fully saturated rings. The van der Waals surface area contributed by atoms with Gasteiger partial charge in [0.05, 0.1) is 0 Å². The van der Waals surface area contributed by atoms with E-state index in [1.807, 2.05) is 0 Å². The lowest BCUT2D eigenvalue weighted by Crippen LogP contribution is -2.48. The summed E-state index contributed by atoms with van der Waals surface area (Å²) in [5.41, 5.74) is 4.68. The van der Waals surface area contributed by atoms with E-state index >= 15 is 0 Å². The van der Waals surface area contributed by atoms with Gasteiger partial charge in [0.15, 0.2) is 0 Å². The topological polar surface area (TPSA) is 69.8 Å². The molecule has 18 heavy (non-hydrogen) atoms. The maximum Gasteiger partial charge on any atom is 0.323 e. The Balaban J connectivity index is 1.86. The minimum absolute atomic E-state index is 0.517. The summed E-state index contributed by atoms with van der Waals surface area (Å²) in [6.07, 6.45) is 4.31. The Morgan fingerprint density at radius 1 is 1.39 bits per heavy atom. The van der Waals surface area contributed by atoms with Crippen molar-refractivity contribution >= 4 is 5.97 Å². The van der Waals surface area contributed by atoms with Gasteiger partial charge in [-0.3, -0.25) is 9.69 Å². The van der Waals surface area contributed by atoms with E-state index in [1.165, 1.54) is 19.3 Å². The number of carboxylic acid groups (broad SMARTS) is 1. The second-order valence-electron chi connectivity index (χ2n) is 6.11. The molecule has 0 amide bonds. The summed E-state index contributed by atoms with van der Waals surface area (Å²) >= 11 is 0. The molecule has 0 aliphatic carbocycles. The lowest BCUT2D eigenvalue weighted by atomic mass is 9.99. The van der Waals surface area contributed by atoms with Crippen LogP contribution in [0.15, 0.2) is 0 Å². The van der Waals surface area contributed by atoms with Crippen molar-refractivity contribution < 1.29 is 9.90 Å². The molecule has 2 aliphatic heterocycles. The third-order valence-electron chi connectivity index (χ3n) is 4.67. The van der Waals surface area contributed by atoms with Crippen molar-refractivity contribution in [1.29, 1.82) is 0 Å². The van der Waals surface area contributed by atoms with E-state index in [-0.39, 0.29) is 0 Å². The van der Waals surface area contributed by atoms with Crippen LogP contribution >= 0.6 is 0 Å². The highest BCUT2D eigenvalue weighted by atomic mass is 16.4. The summed E-state index contributed by atoms with van der Waals surface area (Å²) in [6.45, 7) is 4.52. The number of fused-ring (bicyclic) bond motifs is 2. The normalized spacial score (nSPS) is 33.1. The van der Waals surface area contributed by atoms with E-state index in [1.54, 1.807) is 6.92 Å². The summed E-state index contributed by atoms with van der Waals surface area (Å²) in [5.74, 6) is -0.907. The molecular formula is C13H25N3O2. The Labute approximate surface area is 109 Å². The van der Waals surface area contributed by atoms with Gasteiger partial charge in [-0.25, -0.2) is 0 Å². The Hall–Kier alpha value is -0.650. The molecule has 0 aromatic rings. The van der Waals surface area contributed by atoms with Crippen molar-refractivity contribution in [3.05, 3.63) is 0 Å². The number of hydrogen-bond donors (Lipinski definition) is 2. The van der Waals surface area contributed by atoms with Gasteiger partial charge in [0, 0.05) is 25.2 Å². The van der Waals surface area contributed by atoms with Crippen LogP contribution in [0.25, 0.3) is 0 Å². The third kappa shape index (κ3) is 2.84. The van der Waals surface area contributed by atoms with E-state index in [2.05, 4.69) is 16.8 Å². The molecule has 2 bridgehead atoms. The largest absolute Gasteiger partial charge is 0.480 e. The number of carbonyl (C=O) groups is 1. The molecule has 2 aliphatic rings. The molecule has 3 unspecified atom stereocenters. The zero-order valence-corrected chi connectivity index (χ0v) is 11.4. The van der Waals surface area contributed by atoms with Gasteiger partial charge in [-0.2, -0.15) is 0 Å². The quantitative estimate of drug-likeness (QED) is 0.758. The molecule has 0 aromatic heterocycles. The average Bonchev–Trinajstić information content (AvgIpc) is 2.52. The summed E-state index contributed by atoms with van der Waals surface area (Å²) in [5, 5.41) is 9.02.